The van der Waals surface area contributed by atoms with Crippen LogP contribution in [0.5, 0.6) is 0 Å². The Hall–Kier alpha value is -3.21. The average molecular weight is 429 g/mol. The van der Waals surface area contributed by atoms with Crippen molar-refractivity contribution in [1.29, 1.82) is 0 Å². The Balaban J connectivity index is 1.83. The summed E-state index contributed by atoms with van der Waals surface area (Å²) in [4.78, 5) is 0. The summed E-state index contributed by atoms with van der Waals surface area (Å²) >= 11 is 0. The van der Waals surface area contributed by atoms with E-state index in [-0.39, 0.29) is 16.6 Å². The van der Waals surface area contributed by atoms with Gasteiger partial charge in [-0.1, -0.05) is 53.7 Å². The van der Waals surface area contributed by atoms with Crippen LogP contribution in [-0.4, -0.2) is 19.6 Å². The van der Waals surface area contributed by atoms with Gasteiger partial charge in [0.1, 0.15) is 5.82 Å². The number of fused-ring (bicyclic) bond motifs is 10. The molecule has 8 bridgehead atoms. The number of benzene rings is 2. The molecule has 1 aliphatic rings. The van der Waals surface area contributed by atoms with E-state index in [1.807, 2.05) is 35.3 Å². The predicted octanol–water partition coefficient (Wildman–Crippen LogP) is 6.09. The monoisotopic (exact) mass is 428 g/mol. The Labute approximate surface area is 188 Å². The van der Waals surface area contributed by atoms with Gasteiger partial charge in [0.15, 0.2) is 0 Å². The molecular weight excluding hydrogens is 399 g/mol. The van der Waals surface area contributed by atoms with Gasteiger partial charge in [0.25, 0.3) is 0 Å². The third-order valence-corrected chi connectivity index (χ3v) is 7.72. The summed E-state index contributed by atoms with van der Waals surface area (Å²) in [6.07, 6.45) is 3.91. The van der Waals surface area contributed by atoms with Crippen molar-refractivity contribution in [1.82, 2.24) is 19.6 Å². The van der Waals surface area contributed by atoms with Crippen molar-refractivity contribution in [2.75, 3.05) is 0 Å². The van der Waals surface area contributed by atoms with Gasteiger partial charge in [0.2, 0.25) is 0 Å². The van der Waals surface area contributed by atoms with Gasteiger partial charge in [-0.05, 0) is 53.6 Å². The van der Waals surface area contributed by atoms with Gasteiger partial charge in [-0.25, -0.2) is 13.8 Å². The number of hydrogen-bond donors (Lipinski definition) is 0. The Morgan fingerprint density at radius 2 is 1.28 bits per heavy atom. The van der Waals surface area contributed by atoms with Gasteiger partial charge in [0, 0.05) is 28.6 Å². The summed E-state index contributed by atoms with van der Waals surface area (Å²) < 4.78 is 18.4. The molecule has 0 spiro atoms. The van der Waals surface area contributed by atoms with E-state index < -0.39 is 5.41 Å². The lowest BCUT2D eigenvalue weighted by molar-refractivity contribution is 0.294. The predicted molar refractivity (Wildman–Crippen MR) is 125 cm³/mol. The van der Waals surface area contributed by atoms with E-state index >= 15 is 0 Å². The first-order chi connectivity index (χ1) is 15.0. The smallest absolute Gasteiger partial charge is 0.125 e. The minimum Gasteiger partial charge on any atom is -0.241 e. The minimum atomic E-state index is -0.478. The molecule has 3 heterocycles. The highest BCUT2D eigenvalue weighted by molar-refractivity contribution is 5.46. The molecule has 32 heavy (non-hydrogen) atoms. The maximum Gasteiger partial charge on any atom is 0.125 e. The third kappa shape index (κ3) is 2.94. The lowest BCUT2D eigenvalue weighted by Gasteiger charge is -2.41. The van der Waals surface area contributed by atoms with E-state index in [1.165, 1.54) is 11.6 Å². The Bertz CT molecular complexity index is 1320. The van der Waals surface area contributed by atoms with Crippen LogP contribution in [0.4, 0.5) is 4.39 Å². The van der Waals surface area contributed by atoms with E-state index in [2.05, 4.69) is 65.8 Å². The molecule has 5 heteroatoms. The summed E-state index contributed by atoms with van der Waals surface area (Å²) in [5.74, 6) is -0.280. The molecule has 4 aromatic rings. The van der Waals surface area contributed by atoms with E-state index in [0.717, 1.165) is 22.6 Å². The van der Waals surface area contributed by atoms with Crippen LogP contribution in [0.2, 0.25) is 0 Å². The fourth-order valence-corrected chi connectivity index (χ4v) is 4.54. The van der Waals surface area contributed by atoms with Crippen LogP contribution >= 0.6 is 0 Å². The highest BCUT2D eigenvalue weighted by Crippen LogP contribution is 2.44. The van der Waals surface area contributed by atoms with Crippen LogP contribution in [0.1, 0.15) is 64.1 Å². The van der Waals surface area contributed by atoms with Crippen molar-refractivity contribution < 1.29 is 4.39 Å². The van der Waals surface area contributed by atoms with Crippen LogP contribution in [0, 0.1) is 5.82 Å². The highest BCUT2D eigenvalue weighted by Gasteiger charge is 2.42. The minimum absolute atomic E-state index is 0.218. The summed E-state index contributed by atoms with van der Waals surface area (Å²) in [5, 5.41) is 9.82. The molecule has 0 saturated heterocycles. The fraction of sp³-hybridized carbons (Fsp3) is 0.333. The second-order valence-corrected chi connectivity index (χ2v) is 10.4. The lowest BCUT2D eigenvalue weighted by atomic mass is 9.62. The van der Waals surface area contributed by atoms with Crippen molar-refractivity contribution in [3.05, 3.63) is 95.3 Å². The van der Waals surface area contributed by atoms with Crippen molar-refractivity contribution in [2.45, 2.75) is 57.8 Å². The molecule has 0 radical (unpaired) electrons. The summed E-state index contributed by atoms with van der Waals surface area (Å²) in [6.45, 7) is 13.1. The Kier molecular flexibility index (Phi) is 4.29. The number of aromatic nitrogens is 4. The maximum absolute atomic E-state index is 14.8. The molecule has 0 aliphatic carbocycles. The molecule has 0 unspecified atom stereocenters. The summed E-state index contributed by atoms with van der Waals surface area (Å²) in [7, 11) is 0. The van der Waals surface area contributed by atoms with Gasteiger partial charge in [-0.2, -0.15) is 10.2 Å². The Morgan fingerprint density at radius 1 is 0.656 bits per heavy atom. The topological polar surface area (TPSA) is 35.6 Å². The summed E-state index contributed by atoms with van der Waals surface area (Å²) in [5.41, 5.74) is 4.67. The van der Waals surface area contributed by atoms with Crippen molar-refractivity contribution in [2.24, 2.45) is 0 Å². The van der Waals surface area contributed by atoms with E-state index in [4.69, 9.17) is 10.2 Å². The van der Waals surface area contributed by atoms with Gasteiger partial charge in [0.05, 0.1) is 22.8 Å². The standard InChI is InChI=1S/C27H29FN4/c1-25(2)19-14-20(28)17-22(16-19)32-13-11-24(30-32)27(5,6)26(3,4)18-8-7-9-21(15-18)31-12-10-23(25)29-31/h7-17H,1-6H3. The molecule has 0 amide bonds. The second kappa shape index (κ2) is 6.64. The average Bonchev–Trinajstić information content (AvgIpc) is 3.43. The van der Waals surface area contributed by atoms with Gasteiger partial charge in [-0.15, -0.1) is 0 Å². The number of rotatable bonds is 0. The molecule has 0 saturated carbocycles. The molecule has 0 fully saturated rings. The summed E-state index contributed by atoms with van der Waals surface area (Å²) in [6, 6.07) is 17.8. The second-order valence-electron chi connectivity index (χ2n) is 10.4. The molecule has 1 aliphatic heterocycles. The molecule has 4 nitrogen and oxygen atoms in total. The lowest BCUT2D eigenvalue weighted by Crippen LogP contribution is -2.40. The fourth-order valence-electron chi connectivity index (χ4n) is 4.54. The van der Waals surface area contributed by atoms with Crippen LogP contribution in [0.3, 0.4) is 0 Å². The molecule has 0 N–H and O–H groups in total. The third-order valence-electron chi connectivity index (χ3n) is 7.72. The molecule has 2 aromatic carbocycles. The van der Waals surface area contributed by atoms with Gasteiger partial charge < -0.3 is 0 Å². The first kappa shape index (κ1) is 20.7. The van der Waals surface area contributed by atoms with Crippen LogP contribution in [0.25, 0.3) is 11.4 Å². The van der Waals surface area contributed by atoms with Crippen molar-refractivity contribution in [3.63, 3.8) is 0 Å². The first-order valence-electron chi connectivity index (χ1n) is 11.0. The largest absolute Gasteiger partial charge is 0.241 e. The number of halogens is 1. The first-order valence-corrected chi connectivity index (χ1v) is 11.0. The molecule has 5 rings (SSSR count). The number of nitrogens with zero attached hydrogens (tertiary/aromatic N) is 4. The highest BCUT2D eigenvalue weighted by atomic mass is 19.1. The molecule has 2 aromatic heterocycles. The Morgan fingerprint density at radius 3 is 2.03 bits per heavy atom. The normalized spacial score (nSPS) is 18.0. The molecule has 164 valence electrons. The maximum atomic E-state index is 14.8. The zero-order valence-electron chi connectivity index (χ0n) is 19.5. The SMILES string of the molecule is CC1(C)c2cc(F)cc(c2)-n2ccc(n2)C(C)(C)C(C)(C)c2cccc(c2)-n2ccc1n2. The van der Waals surface area contributed by atoms with Crippen molar-refractivity contribution >= 4 is 0 Å². The van der Waals surface area contributed by atoms with Crippen LogP contribution in [-0.2, 0) is 16.2 Å². The van der Waals surface area contributed by atoms with E-state index in [9.17, 15) is 4.39 Å². The van der Waals surface area contributed by atoms with Gasteiger partial charge >= 0.3 is 0 Å². The van der Waals surface area contributed by atoms with Crippen LogP contribution < -0.4 is 0 Å². The quantitative estimate of drug-likeness (QED) is 0.340. The zero-order valence-corrected chi connectivity index (χ0v) is 19.5. The van der Waals surface area contributed by atoms with E-state index in [0.29, 0.717) is 5.69 Å². The molecular formula is C27H29FN4. The van der Waals surface area contributed by atoms with Crippen molar-refractivity contribution in [3.8, 4) is 11.4 Å². The molecule has 0 atom stereocenters. The van der Waals surface area contributed by atoms with Crippen LogP contribution in [0.15, 0.2) is 67.0 Å². The van der Waals surface area contributed by atoms with Gasteiger partial charge in [-0.3, -0.25) is 0 Å². The number of hydrogen-bond acceptors (Lipinski definition) is 2. The van der Waals surface area contributed by atoms with E-state index in [1.54, 1.807) is 10.7 Å². The zero-order chi connectivity index (χ0) is 22.9.